The molecule has 24 heavy (non-hydrogen) atoms. The Balaban J connectivity index is 4.46. The van der Waals surface area contributed by atoms with Gasteiger partial charge in [0.15, 0.2) is 0 Å². The molecular formula is C17H34O7. The number of methoxy groups -OCH3 is 2. The van der Waals surface area contributed by atoms with Crippen LogP contribution in [0.4, 0.5) is 0 Å². The molecule has 0 radical (unpaired) electrons. The monoisotopic (exact) mass is 350 g/mol. The fourth-order valence-corrected chi connectivity index (χ4v) is 2.09. The summed E-state index contributed by atoms with van der Waals surface area (Å²) < 4.78 is 26.6. The van der Waals surface area contributed by atoms with Crippen LogP contribution in [0.5, 0.6) is 0 Å². The summed E-state index contributed by atoms with van der Waals surface area (Å²) in [5.74, 6) is 0. The molecule has 144 valence electrons. The normalized spacial score (nSPS) is 16.5. The van der Waals surface area contributed by atoms with Gasteiger partial charge in [-0.1, -0.05) is 13.0 Å². The van der Waals surface area contributed by atoms with Gasteiger partial charge >= 0.3 is 0 Å². The molecule has 0 aliphatic heterocycles. The van der Waals surface area contributed by atoms with Crippen LogP contribution < -0.4 is 0 Å². The largest absolute Gasteiger partial charge is 0.388 e. The molecule has 0 aromatic heterocycles. The summed E-state index contributed by atoms with van der Waals surface area (Å²) in [6.45, 7) is 8.13. The third kappa shape index (κ3) is 11.1. The van der Waals surface area contributed by atoms with E-state index in [0.29, 0.717) is 26.4 Å². The molecule has 0 aliphatic carbocycles. The smallest absolute Gasteiger partial charge is 0.101 e. The molecule has 0 fully saturated rings. The molecule has 2 atom stereocenters. The Hall–Kier alpha value is -0.540. The summed E-state index contributed by atoms with van der Waals surface area (Å²) in [6.07, 6.45) is 1.13. The van der Waals surface area contributed by atoms with E-state index in [1.165, 1.54) is 14.2 Å². The van der Waals surface area contributed by atoms with Gasteiger partial charge in [0.25, 0.3) is 0 Å². The Bertz CT molecular complexity index is 281. The van der Waals surface area contributed by atoms with E-state index in [1.54, 1.807) is 6.08 Å². The highest BCUT2D eigenvalue weighted by Crippen LogP contribution is 2.24. The first-order chi connectivity index (χ1) is 11.5. The van der Waals surface area contributed by atoms with Gasteiger partial charge in [-0.3, -0.25) is 0 Å². The predicted molar refractivity (Wildman–Crippen MR) is 91.1 cm³/mol. The van der Waals surface area contributed by atoms with Gasteiger partial charge in [-0.05, 0) is 6.42 Å². The average molecular weight is 350 g/mol. The lowest BCUT2D eigenvalue weighted by Crippen LogP contribution is -2.39. The molecular weight excluding hydrogens is 316 g/mol. The first-order valence-electron chi connectivity index (χ1n) is 8.21. The molecule has 2 unspecified atom stereocenters. The van der Waals surface area contributed by atoms with E-state index < -0.39 is 12.2 Å². The topological polar surface area (TPSA) is 86.6 Å². The van der Waals surface area contributed by atoms with Gasteiger partial charge in [-0.15, -0.1) is 6.58 Å². The van der Waals surface area contributed by atoms with Crippen molar-refractivity contribution in [1.82, 2.24) is 0 Å². The molecule has 0 bridgehead atoms. The third-order valence-corrected chi connectivity index (χ3v) is 3.55. The summed E-state index contributed by atoms with van der Waals surface area (Å²) in [6, 6.07) is 0. The summed E-state index contributed by atoms with van der Waals surface area (Å²) in [5, 5.41) is 19.3. The van der Waals surface area contributed by atoms with Gasteiger partial charge in [0.2, 0.25) is 0 Å². The van der Waals surface area contributed by atoms with Crippen LogP contribution in [0.3, 0.4) is 0 Å². The van der Waals surface area contributed by atoms with Crippen LogP contribution in [0.1, 0.15) is 13.3 Å². The Labute approximate surface area is 145 Å². The fraction of sp³-hybridized carbons (Fsp3) is 0.882. The lowest BCUT2D eigenvalue weighted by molar-refractivity contribution is -0.0980. The number of ether oxygens (including phenoxy) is 5. The molecule has 0 aromatic carbocycles. The van der Waals surface area contributed by atoms with Crippen LogP contribution >= 0.6 is 0 Å². The third-order valence-electron chi connectivity index (χ3n) is 3.55. The maximum absolute atomic E-state index is 9.67. The van der Waals surface area contributed by atoms with Crippen molar-refractivity contribution in [3.63, 3.8) is 0 Å². The lowest BCUT2D eigenvalue weighted by Gasteiger charge is -2.32. The number of hydrogen-bond acceptors (Lipinski definition) is 7. The number of aliphatic hydroxyl groups is 2. The van der Waals surface area contributed by atoms with Crippen molar-refractivity contribution in [2.24, 2.45) is 5.41 Å². The second kappa shape index (κ2) is 14.8. The number of rotatable bonds is 17. The number of hydrogen-bond donors (Lipinski definition) is 2. The summed E-state index contributed by atoms with van der Waals surface area (Å²) in [7, 11) is 3.06. The highest BCUT2D eigenvalue weighted by atomic mass is 16.5. The van der Waals surface area contributed by atoms with Gasteiger partial charge in [0, 0.05) is 19.6 Å². The van der Waals surface area contributed by atoms with Gasteiger partial charge in [-0.25, -0.2) is 0 Å². The van der Waals surface area contributed by atoms with Crippen LogP contribution in [-0.2, 0) is 23.7 Å². The maximum Gasteiger partial charge on any atom is 0.101 e. The molecule has 7 nitrogen and oxygen atoms in total. The summed E-state index contributed by atoms with van der Waals surface area (Å²) in [5.41, 5.74) is -0.359. The van der Waals surface area contributed by atoms with Crippen LogP contribution in [0.15, 0.2) is 12.7 Å². The quantitative estimate of drug-likeness (QED) is 0.294. The molecule has 0 aromatic rings. The highest BCUT2D eigenvalue weighted by Gasteiger charge is 2.30. The van der Waals surface area contributed by atoms with Gasteiger partial charge in [0.05, 0.1) is 52.9 Å². The van der Waals surface area contributed by atoms with Gasteiger partial charge in [0.1, 0.15) is 12.2 Å². The van der Waals surface area contributed by atoms with Crippen LogP contribution in [0.2, 0.25) is 0 Å². The fourth-order valence-electron chi connectivity index (χ4n) is 2.09. The van der Waals surface area contributed by atoms with Crippen molar-refractivity contribution in [2.75, 3.05) is 67.1 Å². The minimum Gasteiger partial charge on any atom is -0.388 e. The Morgan fingerprint density at radius 1 is 0.875 bits per heavy atom. The predicted octanol–water partition coefficient (Wildman–Crippen LogP) is 0.633. The minimum atomic E-state index is -0.664. The van der Waals surface area contributed by atoms with Crippen molar-refractivity contribution in [1.29, 1.82) is 0 Å². The van der Waals surface area contributed by atoms with Crippen molar-refractivity contribution in [3.05, 3.63) is 12.7 Å². The molecule has 2 N–H and O–H groups in total. The molecule has 0 saturated carbocycles. The summed E-state index contributed by atoms with van der Waals surface area (Å²) >= 11 is 0. The van der Waals surface area contributed by atoms with Crippen molar-refractivity contribution < 1.29 is 33.9 Å². The zero-order chi connectivity index (χ0) is 18.3. The van der Waals surface area contributed by atoms with Crippen LogP contribution in [0.25, 0.3) is 0 Å². The van der Waals surface area contributed by atoms with Gasteiger partial charge < -0.3 is 33.9 Å². The molecule has 0 heterocycles. The van der Waals surface area contributed by atoms with E-state index >= 15 is 0 Å². The molecule has 0 spiro atoms. The van der Waals surface area contributed by atoms with E-state index in [9.17, 15) is 10.2 Å². The van der Waals surface area contributed by atoms with E-state index in [-0.39, 0.29) is 31.8 Å². The van der Waals surface area contributed by atoms with E-state index in [0.717, 1.165) is 6.42 Å². The minimum absolute atomic E-state index is 0.184. The Morgan fingerprint density at radius 2 is 1.33 bits per heavy atom. The molecule has 7 heteroatoms. The highest BCUT2D eigenvalue weighted by molar-refractivity contribution is 4.79. The van der Waals surface area contributed by atoms with E-state index in [4.69, 9.17) is 23.7 Å². The first-order valence-corrected chi connectivity index (χ1v) is 8.21. The standard InChI is InChI=1S/C17H34O7/c1-5-7-22-12-17(6-2,13-23-10-15(18)8-20-3)14-24-11-16(19)9-21-4/h5,15-16,18-19H,1,6-14H2,2-4H3. The average Bonchev–Trinajstić information content (AvgIpc) is 2.55. The van der Waals surface area contributed by atoms with E-state index in [2.05, 4.69) is 6.58 Å². The Kier molecular flexibility index (Phi) is 14.4. The number of aliphatic hydroxyl groups excluding tert-OH is 2. The lowest BCUT2D eigenvalue weighted by atomic mass is 9.88. The van der Waals surface area contributed by atoms with Crippen LogP contribution in [0, 0.1) is 5.41 Å². The van der Waals surface area contributed by atoms with Crippen LogP contribution in [-0.4, -0.2) is 89.5 Å². The van der Waals surface area contributed by atoms with Gasteiger partial charge in [-0.2, -0.15) is 0 Å². The Morgan fingerprint density at radius 3 is 1.71 bits per heavy atom. The first kappa shape index (κ1) is 23.5. The molecule has 0 amide bonds. The molecule has 0 aliphatic rings. The zero-order valence-electron chi connectivity index (χ0n) is 15.2. The van der Waals surface area contributed by atoms with Crippen molar-refractivity contribution >= 4 is 0 Å². The SMILES string of the molecule is C=CCOCC(CC)(COCC(O)COC)COCC(O)COC. The molecule has 0 rings (SSSR count). The van der Waals surface area contributed by atoms with Crippen molar-refractivity contribution in [2.45, 2.75) is 25.6 Å². The molecule has 0 saturated heterocycles. The van der Waals surface area contributed by atoms with E-state index in [1.807, 2.05) is 6.92 Å². The zero-order valence-corrected chi connectivity index (χ0v) is 15.2. The second-order valence-electron chi connectivity index (χ2n) is 5.91. The maximum atomic E-state index is 9.67. The second-order valence-corrected chi connectivity index (χ2v) is 5.91. The van der Waals surface area contributed by atoms with Crippen molar-refractivity contribution in [3.8, 4) is 0 Å². The summed E-state index contributed by atoms with van der Waals surface area (Å²) in [4.78, 5) is 0.